The maximum atomic E-state index is 13.3. The zero-order valence-electron chi connectivity index (χ0n) is 18.8. The Hall–Kier alpha value is -2.93. The van der Waals surface area contributed by atoms with Gasteiger partial charge in [-0.05, 0) is 49.9 Å². The Balaban J connectivity index is 1.61. The normalized spacial score (nSPS) is 18.1. The molecule has 0 fully saturated rings. The minimum absolute atomic E-state index is 0.0664. The number of amidine groups is 2. The van der Waals surface area contributed by atoms with Gasteiger partial charge in [-0.3, -0.25) is 14.6 Å². The number of amides is 2. The number of aliphatic imine (C=N–C) groups is 2. The van der Waals surface area contributed by atoms with Crippen LogP contribution in [0.5, 0.6) is 0 Å². The molecule has 1 N–H and O–H groups in total. The first-order valence-corrected chi connectivity index (χ1v) is 11.9. The zero-order chi connectivity index (χ0) is 22.8. The number of anilines is 1. The molecule has 0 aromatic heterocycles. The number of thioether (sulfide) groups is 1. The Bertz CT molecular complexity index is 1090. The fourth-order valence-electron chi connectivity index (χ4n) is 3.79. The van der Waals surface area contributed by atoms with Crippen molar-refractivity contribution in [2.24, 2.45) is 15.9 Å². The average molecular weight is 449 g/mol. The summed E-state index contributed by atoms with van der Waals surface area (Å²) in [5, 5.41) is 3.11. The first-order valence-electron chi connectivity index (χ1n) is 11.0. The molecular weight excluding hydrogens is 420 g/mol. The van der Waals surface area contributed by atoms with E-state index in [-0.39, 0.29) is 11.8 Å². The van der Waals surface area contributed by atoms with Crippen LogP contribution in [-0.2, 0) is 9.59 Å². The molecule has 0 unspecified atom stereocenters. The van der Waals surface area contributed by atoms with Crippen LogP contribution in [0.4, 0.5) is 11.4 Å². The van der Waals surface area contributed by atoms with E-state index in [1.165, 1.54) is 11.8 Å². The molecule has 0 saturated carbocycles. The second-order valence-corrected chi connectivity index (χ2v) is 9.72. The fourth-order valence-corrected chi connectivity index (χ4v) is 4.81. The molecule has 2 aliphatic heterocycles. The molecule has 0 aliphatic carbocycles. The molecular formula is C25H28N4O2S. The number of para-hydroxylation sites is 1. The summed E-state index contributed by atoms with van der Waals surface area (Å²) in [6.07, 6.45) is 1.29. The molecule has 2 heterocycles. The molecule has 2 aromatic rings. The van der Waals surface area contributed by atoms with Crippen LogP contribution < -0.4 is 5.32 Å². The van der Waals surface area contributed by atoms with Gasteiger partial charge in [-0.25, -0.2) is 9.89 Å². The summed E-state index contributed by atoms with van der Waals surface area (Å²) in [7, 11) is 0. The van der Waals surface area contributed by atoms with Crippen LogP contribution in [0, 0.1) is 12.8 Å². The molecule has 166 valence electrons. The van der Waals surface area contributed by atoms with Crippen molar-refractivity contribution >= 4 is 46.0 Å². The highest BCUT2D eigenvalue weighted by molar-refractivity contribution is 8.15. The zero-order valence-corrected chi connectivity index (χ0v) is 19.6. The Labute approximate surface area is 193 Å². The minimum atomic E-state index is -0.414. The van der Waals surface area contributed by atoms with E-state index >= 15 is 0 Å². The molecule has 0 saturated heterocycles. The van der Waals surface area contributed by atoms with E-state index in [9.17, 15) is 9.59 Å². The second kappa shape index (κ2) is 9.28. The van der Waals surface area contributed by atoms with Gasteiger partial charge in [0.1, 0.15) is 11.9 Å². The molecule has 32 heavy (non-hydrogen) atoms. The third kappa shape index (κ3) is 4.48. The third-order valence-electron chi connectivity index (χ3n) is 5.47. The molecule has 7 heteroatoms. The van der Waals surface area contributed by atoms with Crippen LogP contribution >= 0.6 is 11.8 Å². The molecule has 4 rings (SSSR count). The summed E-state index contributed by atoms with van der Waals surface area (Å²) in [4.78, 5) is 37.4. The van der Waals surface area contributed by atoms with Crippen molar-refractivity contribution in [3.63, 3.8) is 0 Å². The predicted molar refractivity (Wildman–Crippen MR) is 132 cm³/mol. The van der Waals surface area contributed by atoms with Gasteiger partial charge in [0.25, 0.3) is 5.91 Å². The number of nitrogens with one attached hydrogen (secondary N) is 1. The predicted octanol–water partition coefficient (Wildman–Crippen LogP) is 5.15. The van der Waals surface area contributed by atoms with Gasteiger partial charge in [0.15, 0.2) is 5.17 Å². The van der Waals surface area contributed by atoms with E-state index < -0.39 is 11.3 Å². The molecule has 2 atom stereocenters. The number of hydrogen-bond donors (Lipinski definition) is 1. The topological polar surface area (TPSA) is 74.1 Å². The summed E-state index contributed by atoms with van der Waals surface area (Å²) in [5.41, 5.74) is 3.52. The van der Waals surface area contributed by atoms with Crippen molar-refractivity contribution in [1.82, 2.24) is 4.90 Å². The molecule has 2 aliphatic rings. The largest absolute Gasteiger partial charge is 0.325 e. The number of rotatable bonds is 6. The summed E-state index contributed by atoms with van der Waals surface area (Å²) >= 11 is 1.32. The van der Waals surface area contributed by atoms with E-state index in [4.69, 9.17) is 9.98 Å². The monoisotopic (exact) mass is 448 g/mol. The molecule has 2 aromatic carbocycles. The van der Waals surface area contributed by atoms with Gasteiger partial charge in [0.2, 0.25) is 5.91 Å². The number of aryl methyl sites for hydroxylation is 1. The van der Waals surface area contributed by atoms with Crippen LogP contribution in [0.2, 0.25) is 0 Å². The molecule has 0 radical (unpaired) electrons. The quantitative estimate of drug-likeness (QED) is 0.664. The molecule has 0 spiro atoms. The lowest BCUT2D eigenvalue weighted by Crippen LogP contribution is -2.42. The Morgan fingerprint density at radius 3 is 2.56 bits per heavy atom. The van der Waals surface area contributed by atoms with E-state index in [0.717, 1.165) is 22.5 Å². The van der Waals surface area contributed by atoms with Crippen molar-refractivity contribution < 1.29 is 9.59 Å². The van der Waals surface area contributed by atoms with Crippen molar-refractivity contribution in [2.75, 3.05) is 5.32 Å². The highest BCUT2D eigenvalue weighted by Crippen LogP contribution is 2.36. The van der Waals surface area contributed by atoms with Crippen LogP contribution in [0.15, 0.2) is 58.5 Å². The lowest BCUT2D eigenvalue weighted by atomic mass is 10.0. The van der Waals surface area contributed by atoms with Crippen LogP contribution in [-0.4, -0.2) is 39.0 Å². The van der Waals surface area contributed by atoms with Crippen LogP contribution in [0.1, 0.15) is 44.7 Å². The van der Waals surface area contributed by atoms with E-state index in [1.54, 1.807) is 4.90 Å². The standard InChI is InChI=1S/C25H28N4O2S/c1-5-21(23(30)26-17-12-10-16(4)11-13-17)32-25-28-19-9-7-6-8-18(19)22-27-20(14-15(2)3)24(31)29(22)25/h6-13,15,20-21H,5,14H2,1-4H3,(H,26,30)/t20-,21+/m1/s1. The first-order chi connectivity index (χ1) is 15.4. The van der Waals surface area contributed by atoms with Gasteiger partial charge < -0.3 is 5.32 Å². The van der Waals surface area contributed by atoms with E-state index in [2.05, 4.69) is 19.2 Å². The van der Waals surface area contributed by atoms with Crippen molar-refractivity contribution in [3.05, 3.63) is 59.7 Å². The number of carbonyl (C=O) groups is 2. The Morgan fingerprint density at radius 2 is 1.88 bits per heavy atom. The SMILES string of the molecule is CC[C@H](SC1=Nc2ccccc2C2=N[C@H](CC(C)C)C(=O)N12)C(=O)Nc1ccc(C)cc1. The van der Waals surface area contributed by atoms with Gasteiger partial charge in [0.05, 0.1) is 10.9 Å². The van der Waals surface area contributed by atoms with Crippen LogP contribution in [0.25, 0.3) is 0 Å². The van der Waals surface area contributed by atoms with Crippen LogP contribution in [0.3, 0.4) is 0 Å². The van der Waals surface area contributed by atoms with Gasteiger partial charge in [0, 0.05) is 11.3 Å². The smallest absolute Gasteiger partial charge is 0.259 e. The van der Waals surface area contributed by atoms with Crippen molar-refractivity contribution in [3.8, 4) is 0 Å². The number of fused-ring (bicyclic) bond motifs is 3. The van der Waals surface area contributed by atoms with Crippen molar-refractivity contribution in [2.45, 2.75) is 51.8 Å². The maximum Gasteiger partial charge on any atom is 0.259 e. The highest BCUT2D eigenvalue weighted by Gasteiger charge is 2.42. The third-order valence-corrected chi connectivity index (χ3v) is 6.79. The van der Waals surface area contributed by atoms with Gasteiger partial charge in [-0.1, -0.05) is 62.4 Å². The summed E-state index contributed by atoms with van der Waals surface area (Å²) < 4.78 is 0. The molecule has 2 amide bonds. The maximum absolute atomic E-state index is 13.3. The van der Waals surface area contributed by atoms with Gasteiger partial charge in [-0.2, -0.15) is 0 Å². The minimum Gasteiger partial charge on any atom is -0.325 e. The average Bonchev–Trinajstić information content (AvgIpc) is 3.09. The summed E-state index contributed by atoms with van der Waals surface area (Å²) in [6.45, 7) is 8.15. The van der Waals surface area contributed by atoms with Gasteiger partial charge >= 0.3 is 0 Å². The number of benzene rings is 2. The van der Waals surface area contributed by atoms with Crippen molar-refractivity contribution in [1.29, 1.82) is 0 Å². The molecule has 0 bridgehead atoms. The molecule has 6 nitrogen and oxygen atoms in total. The van der Waals surface area contributed by atoms with E-state index in [1.807, 2.05) is 62.4 Å². The Morgan fingerprint density at radius 1 is 1.16 bits per heavy atom. The van der Waals surface area contributed by atoms with Gasteiger partial charge in [-0.15, -0.1) is 0 Å². The first kappa shape index (κ1) is 22.3. The summed E-state index contributed by atoms with van der Waals surface area (Å²) in [5.74, 6) is 0.819. The van der Waals surface area contributed by atoms with E-state index in [0.29, 0.717) is 29.8 Å². The second-order valence-electron chi connectivity index (χ2n) is 8.55. The number of carbonyl (C=O) groups excluding carboxylic acids is 2. The number of nitrogens with zero attached hydrogens (tertiary/aromatic N) is 3. The fraction of sp³-hybridized carbons (Fsp3) is 0.360. The highest BCUT2D eigenvalue weighted by atomic mass is 32.2. The lowest BCUT2D eigenvalue weighted by Gasteiger charge is -2.27. The number of hydrogen-bond acceptors (Lipinski definition) is 5. The summed E-state index contributed by atoms with van der Waals surface area (Å²) in [6, 6.07) is 15.0. The lowest BCUT2D eigenvalue weighted by molar-refractivity contribution is -0.125. The Kier molecular flexibility index (Phi) is 6.46.